The van der Waals surface area contributed by atoms with Crippen LogP contribution >= 0.6 is 11.8 Å². The monoisotopic (exact) mass is 411 g/mol. The third kappa shape index (κ3) is 4.54. The zero-order chi connectivity index (χ0) is 20.2. The molecule has 1 atom stereocenters. The number of hydrogen-bond acceptors (Lipinski definition) is 7. The first-order chi connectivity index (χ1) is 14.1. The van der Waals surface area contributed by atoms with E-state index in [0.29, 0.717) is 30.1 Å². The minimum absolute atomic E-state index is 0.118. The summed E-state index contributed by atoms with van der Waals surface area (Å²) in [6, 6.07) is 13.3. The summed E-state index contributed by atoms with van der Waals surface area (Å²) in [5.74, 6) is 1.96. The molecule has 2 heterocycles. The summed E-state index contributed by atoms with van der Waals surface area (Å²) in [5, 5.41) is 11.4. The Morgan fingerprint density at radius 1 is 1.14 bits per heavy atom. The summed E-state index contributed by atoms with van der Waals surface area (Å²) in [5.41, 5.74) is 2.90. The number of nitrogens with one attached hydrogen (secondary N) is 1. The number of hydrogen-bond donors (Lipinski definition) is 1. The van der Waals surface area contributed by atoms with E-state index in [-0.39, 0.29) is 17.7 Å². The zero-order valence-corrected chi connectivity index (χ0v) is 17.0. The number of rotatable bonds is 6. The van der Waals surface area contributed by atoms with E-state index in [4.69, 9.17) is 13.9 Å². The Kier molecular flexibility index (Phi) is 5.71. The predicted molar refractivity (Wildman–Crippen MR) is 109 cm³/mol. The van der Waals surface area contributed by atoms with Crippen molar-refractivity contribution >= 4 is 17.7 Å². The lowest BCUT2D eigenvalue weighted by molar-refractivity contribution is -0.119. The van der Waals surface area contributed by atoms with Crippen molar-refractivity contribution in [2.24, 2.45) is 0 Å². The molecular formula is C21H21N3O4S. The van der Waals surface area contributed by atoms with Crippen LogP contribution in [0.3, 0.4) is 0 Å². The lowest BCUT2D eigenvalue weighted by Crippen LogP contribution is -2.28. The average Bonchev–Trinajstić information content (AvgIpc) is 3.21. The number of carbonyl (C=O) groups is 1. The van der Waals surface area contributed by atoms with Gasteiger partial charge in [0, 0.05) is 5.56 Å². The fraction of sp³-hybridized carbons (Fsp3) is 0.286. The molecule has 0 radical (unpaired) electrons. The van der Waals surface area contributed by atoms with Gasteiger partial charge >= 0.3 is 0 Å². The number of thioether (sulfide) groups is 1. The molecule has 29 heavy (non-hydrogen) atoms. The molecular weight excluding hydrogens is 390 g/mol. The molecule has 4 rings (SSSR count). The number of ether oxygens (including phenoxy) is 2. The molecule has 0 fully saturated rings. The van der Waals surface area contributed by atoms with E-state index >= 15 is 0 Å². The molecule has 1 aromatic heterocycles. The first-order valence-electron chi connectivity index (χ1n) is 9.31. The van der Waals surface area contributed by atoms with Gasteiger partial charge in [-0.3, -0.25) is 4.79 Å². The fourth-order valence-corrected chi connectivity index (χ4v) is 3.59. The highest BCUT2D eigenvalue weighted by Gasteiger charge is 2.17. The standard InChI is InChI=1S/C21H21N3O4S/c1-13-5-3-4-6-16(13)20-23-24-21(28-20)29-12-19(25)22-14(2)15-7-8-17-18(11-15)27-10-9-26-17/h3-8,11,14H,9-10,12H2,1-2H3,(H,22,25)/t14-/m1/s1. The first kappa shape index (κ1) is 19.3. The lowest BCUT2D eigenvalue weighted by atomic mass is 10.1. The summed E-state index contributed by atoms with van der Waals surface area (Å²) < 4.78 is 16.8. The van der Waals surface area contributed by atoms with Crippen LogP contribution < -0.4 is 14.8 Å². The SMILES string of the molecule is Cc1ccccc1-c1nnc(SCC(=O)N[C@H](C)c2ccc3c(c2)OCCO3)o1. The number of benzene rings is 2. The Morgan fingerprint density at radius 3 is 2.76 bits per heavy atom. The molecule has 0 unspecified atom stereocenters. The van der Waals surface area contributed by atoms with Crippen molar-refractivity contribution < 1.29 is 18.7 Å². The van der Waals surface area contributed by atoms with Crippen LogP contribution in [0.15, 0.2) is 52.1 Å². The number of fused-ring (bicyclic) bond motifs is 1. The van der Waals surface area contributed by atoms with E-state index in [1.807, 2.05) is 56.3 Å². The van der Waals surface area contributed by atoms with E-state index in [1.165, 1.54) is 11.8 Å². The summed E-state index contributed by atoms with van der Waals surface area (Å²) in [7, 11) is 0. The van der Waals surface area contributed by atoms with Crippen LogP contribution in [0.25, 0.3) is 11.5 Å². The van der Waals surface area contributed by atoms with Crippen molar-refractivity contribution in [3.63, 3.8) is 0 Å². The zero-order valence-electron chi connectivity index (χ0n) is 16.2. The molecule has 1 amide bonds. The Bertz CT molecular complexity index is 1020. The molecule has 7 nitrogen and oxygen atoms in total. The predicted octanol–water partition coefficient (Wildman–Crippen LogP) is 3.79. The fourth-order valence-electron chi connectivity index (χ4n) is 3.01. The van der Waals surface area contributed by atoms with E-state index in [2.05, 4.69) is 15.5 Å². The van der Waals surface area contributed by atoms with Gasteiger partial charge in [0.25, 0.3) is 5.22 Å². The largest absolute Gasteiger partial charge is 0.486 e. The smallest absolute Gasteiger partial charge is 0.277 e. The van der Waals surface area contributed by atoms with E-state index in [9.17, 15) is 4.79 Å². The van der Waals surface area contributed by atoms with Gasteiger partial charge in [0.2, 0.25) is 11.8 Å². The van der Waals surface area contributed by atoms with Gasteiger partial charge in [0.15, 0.2) is 11.5 Å². The third-order valence-electron chi connectivity index (χ3n) is 4.55. The minimum atomic E-state index is -0.163. The Morgan fingerprint density at radius 2 is 1.93 bits per heavy atom. The van der Waals surface area contributed by atoms with E-state index < -0.39 is 0 Å². The van der Waals surface area contributed by atoms with Crippen LogP contribution in [-0.4, -0.2) is 35.1 Å². The second kappa shape index (κ2) is 8.57. The molecule has 0 aliphatic carbocycles. The Labute approximate surface area is 172 Å². The second-order valence-corrected chi connectivity index (χ2v) is 7.60. The molecule has 150 valence electrons. The van der Waals surface area contributed by atoms with Gasteiger partial charge in [0.05, 0.1) is 11.8 Å². The highest BCUT2D eigenvalue weighted by Crippen LogP contribution is 2.32. The molecule has 8 heteroatoms. The molecule has 1 N–H and O–H groups in total. The maximum Gasteiger partial charge on any atom is 0.277 e. The maximum absolute atomic E-state index is 12.3. The van der Waals surface area contributed by atoms with Crippen LogP contribution in [0.5, 0.6) is 11.5 Å². The van der Waals surface area contributed by atoms with Crippen molar-refractivity contribution in [1.29, 1.82) is 0 Å². The van der Waals surface area contributed by atoms with Gasteiger partial charge in [-0.05, 0) is 43.2 Å². The number of amides is 1. The normalized spacial score (nSPS) is 13.7. The molecule has 0 saturated carbocycles. The van der Waals surface area contributed by atoms with Crippen LogP contribution in [0.1, 0.15) is 24.1 Å². The third-order valence-corrected chi connectivity index (χ3v) is 5.37. The van der Waals surface area contributed by atoms with Crippen molar-refractivity contribution in [2.45, 2.75) is 25.1 Å². The van der Waals surface area contributed by atoms with Crippen LogP contribution in [0, 0.1) is 6.92 Å². The van der Waals surface area contributed by atoms with Gasteiger partial charge in [-0.15, -0.1) is 10.2 Å². The van der Waals surface area contributed by atoms with Crippen molar-refractivity contribution in [3.05, 3.63) is 53.6 Å². The summed E-state index contributed by atoms with van der Waals surface area (Å²) >= 11 is 1.21. The molecule has 1 aliphatic heterocycles. The molecule has 0 bridgehead atoms. The van der Waals surface area contributed by atoms with Gasteiger partial charge in [-0.1, -0.05) is 36.0 Å². The van der Waals surface area contributed by atoms with E-state index in [0.717, 1.165) is 22.4 Å². The quantitative estimate of drug-likeness (QED) is 0.618. The summed E-state index contributed by atoms with van der Waals surface area (Å²) in [6.07, 6.45) is 0. The van der Waals surface area contributed by atoms with Gasteiger partial charge < -0.3 is 19.2 Å². The molecule has 2 aromatic carbocycles. The highest BCUT2D eigenvalue weighted by atomic mass is 32.2. The minimum Gasteiger partial charge on any atom is -0.486 e. The molecule has 3 aromatic rings. The van der Waals surface area contributed by atoms with Crippen LogP contribution in [0.4, 0.5) is 0 Å². The summed E-state index contributed by atoms with van der Waals surface area (Å²) in [4.78, 5) is 12.3. The van der Waals surface area contributed by atoms with Gasteiger partial charge in [-0.2, -0.15) is 0 Å². The highest BCUT2D eigenvalue weighted by molar-refractivity contribution is 7.99. The van der Waals surface area contributed by atoms with E-state index in [1.54, 1.807) is 0 Å². The van der Waals surface area contributed by atoms with Crippen molar-refractivity contribution in [3.8, 4) is 23.0 Å². The molecule has 1 aliphatic rings. The second-order valence-electron chi connectivity index (χ2n) is 6.67. The summed E-state index contributed by atoms with van der Waals surface area (Å²) in [6.45, 7) is 5.00. The number of carbonyl (C=O) groups excluding carboxylic acids is 1. The first-order valence-corrected chi connectivity index (χ1v) is 10.3. The number of nitrogens with zero attached hydrogens (tertiary/aromatic N) is 2. The molecule has 0 spiro atoms. The Balaban J connectivity index is 1.33. The number of aromatic nitrogens is 2. The lowest BCUT2D eigenvalue weighted by Gasteiger charge is -2.21. The van der Waals surface area contributed by atoms with Crippen molar-refractivity contribution in [1.82, 2.24) is 15.5 Å². The van der Waals surface area contributed by atoms with Crippen molar-refractivity contribution in [2.75, 3.05) is 19.0 Å². The molecule has 0 saturated heterocycles. The van der Waals surface area contributed by atoms with Gasteiger partial charge in [0.1, 0.15) is 13.2 Å². The average molecular weight is 411 g/mol. The van der Waals surface area contributed by atoms with Crippen LogP contribution in [0.2, 0.25) is 0 Å². The maximum atomic E-state index is 12.3. The van der Waals surface area contributed by atoms with Gasteiger partial charge in [-0.25, -0.2) is 0 Å². The van der Waals surface area contributed by atoms with Crippen LogP contribution in [-0.2, 0) is 4.79 Å². The Hall–Kier alpha value is -3.00. The topological polar surface area (TPSA) is 86.5 Å². The number of aryl methyl sites for hydroxylation is 1.